The van der Waals surface area contributed by atoms with Crippen molar-refractivity contribution in [3.05, 3.63) is 59.4 Å². The van der Waals surface area contributed by atoms with Crippen LogP contribution in [0.4, 0.5) is 10.6 Å². The van der Waals surface area contributed by atoms with Gasteiger partial charge in [0.1, 0.15) is 17.7 Å². The summed E-state index contributed by atoms with van der Waals surface area (Å²) in [5, 5.41) is 4.98. The zero-order valence-electron chi connectivity index (χ0n) is 15.1. The Kier molecular flexibility index (Phi) is 5.27. The van der Waals surface area contributed by atoms with Crippen molar-refractivity contribution in [1.82, 2.24) is 14.9 Å². The third-order valence-corrected chi connectivity index (χ3v) is 5.06. The van der Waals surface area contributed by atoms with Crippen molar-refractivity contribution in [3.8, 4) is 5.75 Å². The molecule has 2 heterocycles. The quantitative estimate of drug-likeness (QED) is 0.660. The van der Waals surface area contributed by atoms with Gasteiger partial charge in [0, 0.05) is 17.0 Å². The van der Waals surface area contributed by atoms with Crippen LogP contribution in [0.15, 0.2) is 48.8 Å². The van der Waals surface area contributed by atoms with Crippen LogP contribution >= 0.6 is 11.6 Å². The van der Waals surface area contributed by atoms with Gasteiger partial charge in [-0.3, -0.25) is 0 Å². The molecule has 0 radical (unpaired) electrons. The van der Waals surface area contributed by atoms with E-state index in [0.29, 0.717) is 22.1 Å². The van der Waals surface area contributed by atoms with E-state index in [0.717, 1.165) is 30.6 Å². The SMILES string of the molecule is NC(=O)Oc1cccc2c(N[C@H](CN3CCC3)c3ccc(Cl)cc3)ncnc12. The van der Waals surface area contributed by atoms with Crippen LogP contribution in [0.5, 0.6) is 5.75 Å². The minimum Gasteiger partial charge on any atom is -0.408 e. The first-order chi connectivity index (χ1) is 13.6. The Morgan fingerprint density at radius 1 is 1.21 bits per heavy atom. The van der Waals surface area contributed by atoms with Gasteiger partial charge < -0.3 is 20.7 Å². The number of primary amides is 1. The molecule has 0 unspecified atom stereocenters. The van der Waals surface area contributed by atoms with Crippen LogP contribution in [0, 0.1) is 0 Å². The number of nitrogens with zero attached hydrogens (tertiary/aromatic N) is 3. The van der Waals surface area contributed by atoms with E-state index in [1.807, 2.05) is 30.3 Å². The largest absolute Gasteiger partial charge is 0.410 e. The van der Waals surface area contributed by atoms with E-state index in [2.05, 4.69) is 20.2 Å². The smallest absolute Gasteiger partial charge is 0.408 e. The lowest BCUT2D eigenvalue weighted by Gasteiger charge is -2.34. The highest BCUT2D eigenvalue weighted by Crippen LogP contribution is 2.30. The summed E-state index contributed by atoms with van der Waals surface area (Å²) in [6.45, 7) is 3.03. The summed E-state index contributed by atoms with van der Waals surface area (Å²) in [5.74, 6) is 0.974. The highest BCUT2D eigenvalue weighted by atomic mass is 35.5. The molecule has 1 aromatic heterocycles. The highest BCUT2D eigenvalue weighted by Gasteiger charge is 2.22. The average Bonchev–Trinajstić information content (AvgIpc) is 2.64. The maximum absolute atomic E-state index is 11.2. The Labute approximate surface area is 167 Å². The second-order valence-corrected chi connectivity index (χ2v) is 7.13. The van der Waals surface area contributed by atoms with Crippen molar-refractivity contribution >= 4 is 34.4 Å². The average molecular weight is 398 g/mol. The number of hydrogen-bond acceptors (Lipinski definition) is 6. The van der Waals surface area contributed by atoms with Gasteiger partial charge in [-0.2, -0.15) is 0 Å². The van der Waals surface area contributed by atoms with Gasteiger partial charge in [-0.25, -0.2) is 14.8 Å². The predicted molar refractivity (Wildman–Crippen MR) is 109 cm³/mol. The van der Waals surface area contributed by atoms with E-state index in [-0.39, 0.29) is 6.04 Å². The molecule has 1 aliphatic rings. The molecule has 8 heteroatoms. The van der Waals surface area contributed by atoms with Gasteiger partial charge in [-0.15, -0.1) is 0 Å². The van der Waals surface area contributed by atoms with Crippen LogP contribution < -0.4 is 15.8 Å². The number of likely N-dealkylation sites (tertiary alicyclic amines) is 1. The molecule has 7 nitrogen and oxygen atoms in total. The summed E-state index contributed by atoms with van der Waals surface area (Å²) in [5.41, 5.74) is 6.81. The molecular weight excluding hydrogens is 378 g/mol. The highest BCUT2D eigenvalue weighted by molar-refractivity contribution is 6.30. The lowest BCUT2D eigenvalue weighted by Crippen LogP contribution is -2.41. The van der Waals surface area contributed by atoms with E-state index < -0.39 is 6.09 Å². The summed E-state index contributed by atoms with van der Waals surface area (Å²) in [6.07, 6.45) is 1.79. The summed E-state index contributed by atoms with van der Waals surface area (Å²) < 4.78 is 5.07. The number of amides is 1. The number of rotatable bonds is 6. The first kappa shape index (κ1) is 18.5. The Bertz CT molecular complexity index is 992. The zero-order valence-corrected chi connectivity index (χ0v) is 15.9. The number of halogens is 1. The fraction of sp³-hybridized carbons (Fsp3) is 0.250. The number of aromatic nitrogens is 2. The van der Waals surface area contributed by atoms with Gasteiger partial charge in [0.25, 0.3) is 0 Å². The van der Waals surface area contributed by atoms with Gasteiger partial charge in [0.2, 0.25) is 0 Å². The normalized spacial score (nSPS) is 15.0. The minimum atomic E-state index is -0.877. The molecule has 0 aliphatic carbocycles. The Morgan fingerprint density at radius 3 is 2.68 bits per heavy atom. The second-order valence-electron chi connectivity index (χ2n) is 6.70. The summed E-state index contributed by atoms with van der Waals surface area (Å²) >= 11 is 6.05. The molecule has 1 fully saturated rings. The van der Waals surface area contributed by atoms with E-state index in [4.69, 9.17) is 22.1 Å². The van der Waals surface area contributed by atoms with Crippen LogP contribution in [0.3, 0.4) is 0 Å². The predicted octanol–water partition coefficient (Wildman–Crippen LogP) is 3.60. The lowest BCUT2D eigenvalue weighted by atomic mass is 10.0. The van der Waals surface area contributed by atoms with Crippen LogP contribution in [0.2, 0.25) is 5.02 Å². The Hall–Kier alpha value is -2.90. The number of benzene rings is 2. The summed E-state index contributed by atoms with van der Waals surface area (Å²) in [6, 6.07) is 13.2. The first-order valence-electron chi connectivity index (χ1n) is 9.05. The molecule has 144 valence electrons. The van der Waals surface area contributed by atoms with Crippen LogP contribution in [-0.4, -0.2) is 40.6 Å². The van der Waals surface area contributed by atoms with E-state index >= 15 is 0 Å². The molecule has 28 heavy (non-hydrogen) atoms. The fourth-order valence-corrected chi connectivity index (χ4v) is 3.41. The zero-order chi connectivity index (χ0) is 19.5. The van der Waals surface area contributed by atoms with Crippen LogP contribution in [-0.2, 0) is 0 Å². The maximum atomic E-state index is 11.2. The van der Waals surface area contributed by atoms with Gasteiger partial charge in [0.15, 0.2) is 5.75 Å². The monoisotopic (exact) mass is 397 g/mol. The first-order valence-corrected chi connectivity index (χ1v) is 9.43. The fourth-order valence-electron chi connectivity index (χ4n) is 3.28. The van der Waals surface area contributed by atoms with Gasteiger partial charge in [-0.1, -0.05) is 29.8 Å². The third-order valence-electron chi connectivity index (χ3n) is 4.81. The van der Waals surface area contributed by atoms with Gasteiger partial charge in [0.05, 0.1) is 6.04 Å². The molecule has 1 aliphatic heterocycles. The standard InChI is InChI=1S/C20H20ClN5O2/c21-14-7-5-13(6-8-14)16(11-26-9-2-10-26)25-19-15-3-1-4-17(28-20(22)27)18(15)23-12-24-19/h1,3-8,12,16H,2,9-11H2,(H2,22,27)(H,23,24,25)/t16-/m1/s1. The Balaban J connectivity index is 1.68. The molecule has 1 amide bonds. The number of fused-ring (bicyclic) bond motifs is 1. The number of carbonyl (C=O) groups excluding carboxylic acids is 1. The summed E-state index contributed by atoms with van der Waals surface area (Å²) in [4.78, 5) is 22.2. The van der Waals surface area contributed by atoms with Crippen molar-refractivity contribution in [1.29, 1.82) is 0 Å². The number of nitrogens with two attached hydrogens (primary N) is 1. The minimum absolute atomic E-state index is 0.0244. The number of para-hydroxylation sites is 1. The molecular formula is C20H20ClN5O2. The van der Waals surface area contributed by atoms with E-state index in [1.54, 1.807) is 12.1 Å². The molecule has 3 aromatic rings. The van der Waals surface area contributed by atoms with Crippen molar-refractivity contribution in [2.45, 2.75) is 12.5 Å². The van der Waals surface area contributed by atoms with Crippen LogP contribution in [0.25, 0.3) is 10.9 Å². The Morgan fingerprint density at radius 2 is 2.00 bits per heavy atom. The molecule has 0 bridgehead atoms. The van der Waals surface area contributed by atoms with Gasteiger partial charge >= 0.3 is 6.09 Å². The molecule has 3 N–H and O–H groups in total. The summed E-state index contributed by atoms with van der Waals surface area (Å²) in [7, 11) is 0. The molecule has 4 rings (SSSR count). The maximum Gasteiger partial charge on any atom is 0.410 e. The number of anilines is 1. The van der Waals surface area contributed by atoms with Crippen molar-refractivity contribution in [2.24, 2.45) is 5.73 Å². The molecule has 2 aromatic carbocycles. The molecule has 1 saturated heterocycles. The van der Waals surface area contributed by atoms with E-state index in [9.17, 15) is 4.79 Å². The topological polar surface area (TPSA) is 93.4 Å². The molecule has 1 atom stereocenters. The molecule has 0 saturated carbocycles. The van der Waals surface area contributed by atoms with E-state index in [1.165, 1.54) is 12.7 Å². The number of nitrogens with one attached hydrogen (secondary N) is 1. The third kappa shape index (κ3) is 4.00. The number of ether oxygens (including phenoxy) is 1. The number of carbonyl (C=O) groups is 1. The van der Waals surface area contributed by atoms with Crippen molar-refractivity contribution in [3.63, 3.8) is 0 Å². The lowest BCUT2D eigenvalue weighted by molar-refractivity contribution is 0.174. The van der Waals surface area contributed by atoms with Crippen LogP contribution in [0.1, 0.15) is 18.0 Å². The van der Waals surface area contributed by atoms with Crippen molar-refractivity contribution in [2.75, 3.05) is 25.0 Å². The second kappa shape index (κ2) is 8.00. The van der Waals surface area contributed by atoms with Gasteiger partial charge in [-0.05, 0) is 49.3 Å². The molecule has 0 spiro atoms. The number of hydrogen-bond donors (Lipinski definition) is 2. The van der Waals surface area contributed by atoms with Crippen molar-refractivity contribution < 1.29 is 9.53 Å².